The number of hydrogen-bond donors (Lipinski definition) is 1. The van der Waals surface area contributed by atoms with E-state index in [9.17, 15) is 17.6 Å². The molecule has 0 aliphatic heterocycles. The molecule has 0 bridgehead atoms. The van der Waals surface area contributed by atoms with Crippen molar-refractivity contribution in [3.63, 3.8) is 0 Å². The Hall–Kier alpha value is -1.10. The Morgan fingerprint density at radius 3 is 2.23 bits per heavy atom. The van der Waals surface area contributed by atoms with E-state index in [-0.39, 0.29) is 12.1 Å². The van der Waals surface area contributed by atoms with E-state index in [1.54, 1.807) is 0 Å². The molecule has 0 amide bonds. The second-order valence-corrected chi connectivity index (χ2v) is 2.60. The van der Waals surface area contributed by atoms with Crippen LogP contribution in [-0.4, -0.2) is 0 Å². The van der Waals surface area contributed by atoms with Crippen LogP contribution in [0.3, 0.4) is 0 Å². The standard InChI is InChI=1S/C8H7F4N/c9-7-2-5(4-13)1-6(3-7)8(10,11)12/h1-3H,4,13H2/p+1. The minimum Gasteiger partial charge on any atom is -0.354 e. The normalized spacial score (nSPS) is 11.8. The van der Waals surface area contributed by atoms with Crippen molar-refractivity contribution in [2.24, 2.45) is 0 Å². The highest BCUT2D eigenvalue weighted by molar-refractivity contribution is 5.26. The lowest BCUT2D eigenvalue weighted by Gasteiger charge is -2.07. The summed E-state index contributed by atoms with van der Waals surface area (Å²) in [6, 6.07) is 2.41. The number of benzene rings is 1. The van der Waals surface area contributed by atoms with Crippen LogP contribution in [0.2, 0.25) is 0 Å². The summed E-state index contributed by atoms with van der Waals surface area (Å²) in [4.78, 5) is 0. The Kier molecular flexibility index (Phi) is 2.56. The van der Waals surface area contributed by atoms with Crippen molar-refractivity contribution in [2.45, 2.75) is 12.7 Å². The smallest absolute Gasteiger partial charge is 0.354 e. The molecule has 0 atom stereocenters. The van der Waals surface area contributed by atoms with Crippen molar-refractivity contribution < 1.29 is 23.3 Å². The molecule has 1 rings (SSSR count). The van der Waals surface area contributed by atoms with Crippen LogP contribution in [0.1, 0.15) is 11.1 Å². The maximum Gasteiger partial charge on any atom is 0.416 e. The molecule has 5 heteroatoms. The minimum absolute atomic E-state index is 0.140. The van der Waals surface area contributed by atoms with Gasteiger partial charge in [-0.15, -0.1) is 0 Å². The molecule has 0 unspecified atom stereocenters. The first-order valence-corrected chi connectivity index (χ1v) is 3.59. The van der Waals surface area contributed by atoms with Crippen molar-refractivity contribution >= 4 is 0 Å². The molecule has 0 heterocycles. The lowest BCUT2D eigenvalue weighted by Crippen LogP contribution is -2.47. The van der Waals surface area contributed by atoms with Crippen LogP contribution in [0.25, 0.3) is 0 Å². The van der Waals surface area contributed by atoms with Crippen LogP contribution in [0.4, 0.5) is 17.6 Å². The van der Waals surface area contributed by atoms with E-state index in [0.717, 1.165) is 12.1 Å². The molecule has 72 valence electrons. The first kappa shape index (κ1) is 9.98. The van der Waals surface area contributed by atoms with Gasteiger partial charge in [0.05, 0.1) is 12.1 Å². The average molecular weight is 194 g/mol. The SMILES string of the molecule is [NH3+]Cc1cc(F)cc(C(F)(F)F)c1. The van der Waals surface area contributed by atoms with Crippen LogP contribution in [-0.2, 0) is 12.7 Å². The Bertz CT molecular complexity index is 306. The maximum absolute atomic E-state index is 12.6. The molecule has 0 fully saturated rings. The summed E-state index contributed by atoms with van der Waals surface area (Å²) in [7, 11) is 0. The molecule has 3 N–H and O–H groups in total. The van der Waals surface area contributed by atoms with E-state index in [4.69, 9.17) is 0 Å². The highest BCUT2D eigenvalue weighted by Crippen LogP contribution is 2.30. The van der Waals surface area contributed by atoms with E-state index in [1.807, 2.05) is 0 Å². The van der Waals surface area contributed by atoms with Crippen molar-refractivity contribution in [3.8, 4) is 0 Å². The quantitative estimate of drug-likeness (QED) is 0.657. The van der Waals surface area contributed by atoms with Gasteiger partial charge in [-0.3, -0.25) is 0 Å². The first-order chi connectivity index (χ1) is 5.93. The first-order valence-electron chi connectivity index (χ1n) is 3.59. The van der Waals surface area contributed by atoms with Gasteiger partial charge in [0, 0.05) is 5.56 Å². The zero-order valence-corrected chi connectivity index (χ0v) is 6.66. The third-order valence-corrected chi connectivity index (χ3v) is 1.57. The van der Waals surface area contributed by atoms with Gasteiger partial charge in [0.15, 0.2) is 0 Å². The zero-order valence-electron chi connectivity index (χ0n) is 6.66. The largest absolute Gasteiger partial charge is 0.416 e. The molecule has 1 nitrogen and oxygen atoms in total. The van der Waals surface area contributed by atoms with E-state index in [2.05, 4.69) is 5.73 Å². The molecule has 1 aromatic carbocycles. The van der Waals surface area contributed by atoms with Crippen molar-refractivity contribution in [1.82, 2.24) is 0 Å². The van der Waals surface area contributed by atoms with Crippen LogP contribution < -0.4 is 5.73 Å². The third-order valence-electron chi connectivity index (χ3n) is 1.57. The molecule has 0 radical (unpaired) electrons. The number of quaternary nitrogens is 1. The Morgan fingerprint density at radius 1 is 1.15 bits per heavy atom. The van der Waals surface area contributed by atoms with Crippen molar-refractivity contribution in [2.75, 3.05) is 0 Å². The van der Waals surface area contributed by atoms with Gasteiger partial charge >= 0.3 is 6.18 Å². The molecule has 0 aromatic heterocycles. The van der Waals surface area contributed by atoms with Crippen LogP contribution >= 0.6 is 0 Å². The molecule has 0 aliphatic carbocycles. The van der Waals surface area contributed by atoms with E-state index >= 15 is 0 Å². The van der Waals surface area contributed by atoms with Gasteiger partial charge in [-0.25, -0.2) is 4.39 Å². The maximum atomic E-state index is 12.6. The highest BCUT2D eigenvalue weighted by Gasteiger charge is 2.31. The Labute approximate surface area is 72.2 Å². The van der Waals surface area contributed by atoms with Gasteiger partial charge in [-0.05, 0) is 18.2 Å². The molecule has 0 spiro atoms. The molecular formula is C8H8F4N+. The van der Waals surface area contributed by atoms with Gasteiger partial charge in [-0.1, -0.05) is 0 Å². The summed E-state index contributed by atoms with van der Waals surface area (Å²) in [6.07, 6.45) is -4.49. The number of hydrogen-bond acceptors (Lipinski definition) is 0. The minimum atomic E-state index is -4.49. The second-order valence-electron chi connectivity index (χ2n) is 2.60. The monoisotopic (exact) mass is 194 g/mol. The van der Waals surface area contributed by atoms with Gasteiger partial charge in [0.25, 0.3) is 0 Å². The lowest BCUT2D eigenvalue weighted by atomic mass is 10.1. The molecule has 0 saturated heterocycles. The van der Waals surface area contributed by atoms with Gasteiger partial charge in [-0.2, -0.15) is 13.2 Å². The average Bonchev–Trinajstić information content (AvgIpc) is 2.01. The fraction of sp³-hybridized carbons (Fsp3) is 0.250. The molecule has 0 saturated carbocycles. The summed E-state index contributed by atoms with van der Waals surface area (Å²) >= 11 is 0. The summed E-state index contributed by atoms with van der Waals surface area (Å²) in [5.41, 5.74) is 2.66. The summed E-state index contributed by atoms with van der Waals surface area (Å²) in [5.74, 6) is -0.881. The predicted octanol–water partition coefficient (Wildman–Crippen LogP) is 1.59. The van der Waals surface area contributed by atoms with E-state index in [1.165, 1.54) is 0 Å². The number of rotatable bonds is 1. The summed E-state index contributed by atoms with van der Waals surface area (Å²) < 4.78 is 48.9. The van der Waals surface area contributed by atoms with Crippen molar-refractivity contribution in [1.29, 1.82) is 0 Å². The molecule has 13 heavy (non-hydrogen) atoms. The van der Waals surface area contributed by atoms with Gasteiger partial charge in [0.2, 0.25) is 0 Å². The summed E-state index contributed by atoms with van der Waals surface area (Å²) in [6.45, 7) is 0.140. The summed E-state index contributed by atoms with van der Waals surface area (Å²) in [5, 5.41) is 0. The molecular weight excluding hydrogens is 186 g/mol. The van der Waals surface area contributed by atoms with Crippen molar-refractivity contribution in [3.05, 3.63) is 35.1 Å². The van der Waals surface area contributed by atoms with Crippen LogP contribution in [0, 0.1) is 5.82 Å². The predicted molar refractivity (Wildman–Crippen MR) is 38.0 cm³/mol. The van der Waals surface area contributed by atoms with Crippen LogP contribution in [0.5, 0.6) is 0 Å². The molecule has 1 aromatic rings. The van der Waals surface area contributed by atoms with Gasteiger partial charge < -0.3 is 5.73 Å². The Morgan fingerprint density at radius 2 is 1.77 bits per heavy atom. The number of alkyl halides is 3. The zero-order chi connectivity index (χ0) is 10.1. The second kappa shape index (κ2) is 3.33. The topological polar surface area (TPSA) is 27.6 Å². The molecule has 0 aliphatic rings. The van der Waals surface area contributed by atoms with E-state index in [0.29, 0.717) is 6.07 Å². The van der Waals surface area contributed by atoms with Gasteiger partial charge in [0.1, 0.15) is 5.82 Å². The fourth-order valence-electron chi connectivity index (χ4n) is 0.958. The third kappa shape index (κ3) is 2.42. The van der Waals surface area contributed by atoms with E-state index < -0.39 is 17.6 Å². The fourth-order valence-corrected chi connectivity index (χ4v) is 0.958. The lowest BCUT2D eigenvalue weighted by molar-refractivity contribution is -0.386. The Balaban J connectivity index is 3.16. The van der Waals surface area contributed by atoms with Crippen LogP contribution in [0.15, 0.2) is 18.2 Å². The number of halogens is 4. The highest BCUT2D eigenvalue weighted by atomic mass is 19.4.